The summed E-state index contributed by atoms with van der Waals surface area (Å²) in [5, 5.41) is 11.1. The third-order valence-electron chi connectivity index (χ3n) is 4.38. The van der Waals surface area contributed by atoms with Gasteiger partial charge in [0.1, 0.15) is 11.8 Å². The monoisotopic (exact) mass is 326 g/mol. The first-order valence-electron chi connectivity index (χ1n) is 7.68. The molecule has 3 aromatic rings. The van der Waals surface area contributed by atoms with E-state index < -0.39 is 6.10 Å². The SMILES string of the molecule is CO[C@@H]1CN(c2ccnc3[nH]cc(-c4ccnc(N)n4)c23)C[C@H]1O. The molecule has 0 radical (unpaired) electrons. The topological polar surface area (TPSA) is 113 Å². The van der Waals surface area contributed by atoms with E-state index in [1.807, 2.05) is 18.3 Å². The van der Waals surface area contributed by atoms with E-state index in [0.717, 1.165) is 28.0 Å². The Labute approximate surface area is 138 Å². The number of aromatic amines is 1. The molecule has 4 rings (SSSR count). The Bertz CT molecular complexity index is 880. The Morgan fingerprint density at radius 1 is 1.29 bits per heavy atom. The molecule has 0 bridgehead atoms. The standard InChI is InChI=1S/C16H18N6O2/c1-24-13-8-22(7-12(13)23)11-3-5-18-15-14(11)9(6-20-15)10-2-4-19-16(17)21-10/h2-6,12-13,23H,7-8H2,1H3,(H,18,20)(H2,17,19,21)/t12-,13-/m1/s1. The maximum absolute atomic E-state index is 10.1. The molecule has 3 aromatic heterocycles. The van der Waals surface area contributed by atoms with Crippen LogP contribution in [-0.4, -0.2) is 57.4 Å². The van der Waals surface area contributed by atoms with Crippen molar-refractivity contribution < 1.29 is 9.84 Å². The lowest BCUT2D eigenvalue weighted by molar-refractivity contribution is 0.0217. The number of hydrogen-bond donors (Lipinski definition) is 3. The molecule has 4 heterocycles. The predicted octanol–water partition coefficient (Wildman–Crippen LogP) is 0.798. The molecule has 0 aromatic carbocycles. The fourth-order valence-electron chi connectivity index (χ4n) is 3.21. The Morgan fingerprint density at radius 2 is 2.12 bits per heavy atom. The van der Waals surface area contributed by atoms with Gasteiger partial charge in [0.2, 0.25) is 5.95 Å². The van der Waals surface area contributed by atoms with Crippen LogP contribution in [0, 0.1) is 0 Å². The number of aliphatic hydroxyl groups is 1. The number of nitrogens with two attached hydrogens (primary N) is 1. The van der Waals surface area contributed by atoms with E-state index in [0.29, 0.717) is 13.1 Å². The van der Waals surface area contributed by atoms with Crippen LogP contribution in [0.25, 0.3) is 22.3 Å². The van der Waals surface area contributed by atoms with E-state index in [-0.39, 0.29) is 12.1 Å². The third kappa shape index (κ3) is 2.36. The highest BCUT2D eigenvalue weighted by Crippen LogP contribution is 2.35. The fourth-order valence-corrected chi connectivity index (χ4v) is 3.21. The third-order valence-corrected chi connectivity index (χ3v) is 4.38. The average molecular weight is 326 g/mol. The number of β-amino-alcohol motifs (C(OH)–C–C–N with tert-alkyl or cyclic N) is 1. The summed E-state index contributed by atoms with van der Waals surface area (Å²) >= 11 is 0. The van der Waals surface area contributed by atoms with Crippen molar-refractivity contribution in [2.24, 2.45) is 0 Å². The van der Waals surface area contributed by atoms with E-state index >= 15 is 0 Å². The summed E-state index contributed by atoms with van der Waals surface area (Å²) in [5.41, 5.74) is 9.08. The van der Waals surface area contributed by atoms with Crippen LogP contribution in [0.5, 0.6) is 0 Å². The number of pyridine rings is 1. The zero-order chi connectivity index (χ0) is 16.7. The van der Waals surface area contributed by atoms with Crippen LogP contribution >= 0.6 is 0 Å². The van der Waals surface area contributed by atoms with Crippen molar-refractivity contribution in [3.05, 3.63) is 30.7 Å². The molecule has 0 spiro atoms. The Kier molecular flexibility index (Phi) is 3.55. The normalized spacial score (nSPS) is 20.8. The zero-order valence-corrected chi connectivity index (χ0v) is 13.2. The number of aromatic nitrogens is 4. The molecule has 2 atom stereocenters. The largest absolute Gasteiger partial charge is 0.388 e. The van der Waals surface area contributed by atoms with Crippen molar-refractivity contribution in [3.8, 4) is 11.3 Å². The number of nitrogens with one attached hydrogen (secondary N) is 1. The highest BCUT2D eigenvalue weighted by Gasteiger charge is 2.32. The number of hydrogen-bond acceptors (Lipinski definition) is 7. The maximum atomic E-state index is 10.1. The number of nitrogens with zero attached hydrogens (tertiary/aromatic N) is 4. The summed E-state index contributed by atoms with van der Waals surface area (Å²) < 4.78 is 5.35. The van der Waals surface area contributed by atoms with Crippen LogP contribution < -0.4 is 10.6 Å². The second kappa shape index (κ2) is 5.73. The van der Waals surface area contributed by atoms with Gasteiger partial charge < -0.3 is 25.5 Å². The molecule has 1 saturated heterocycles. The second-order valence-corrected chi connectivity index (χ2v) is 5.80. The van der Waals surface area contributed by atoms with Crippen molar-refractivity contribution in [3.63, 3.8) is 0 Å². The average Bonchev–Trinajstić information content (AvgIpc) is 3.18. The number of rotatable bonds is 3. The summed E-state index contributed by atoms with van der Waals surface area (Å²) in [5.74, 6) is 0.225. The molecular formula is C16H18N6O2. The van der Waals surface area contributed by atoms with E-state index in [1.54, 1.807) is 19.5 Å². The maximum Gasteiger partial charge on any atom is 0.220 e. The number of H-pyrrole nitrogens is 1. The second-order valence-electron chi connectivity index (χ2n) is 5.80. The highest BCUT2D eigenvalue weighted by atomic mass is 16.5. The molecule has 1 aliphatic rings. The lowest BCUT2D eigenvalue weighted by atomic mass is 10.1. The fraction of sp³-hybridized carbons (Fsp3) is 0.312. The van der Waals surface area contributed by atoms with Gasteiger partial charge in [-0.2, -0.15) is 0 Å². The molecule has 4 N–H and O–H groups in total. The first-order valence-corrected chi connectivity index (χ1v) is 7.68. The van der Waals surface area contributed by atoms with Crippen LogP contribution in [0.2, 0.25) is 0 Å². The number of nitrogen functional groups attached to an aromatic ring is 1. The smallest absolute Gasteiger partial charge is 0.220 e. The van der Waals surface area contributed by atoms with Crippen molar-refractivity contribution in [1.82, 2.24) is 19.9 Å². The van der Waals surface area contributed by atoms with Gasteiger partial charge in [0.25, 0.3) is 0 Å². The number of methoxy groups -OCH3 is 1. The molecule has 8 nitrogen and oxygen atoms in total. The van der Waals surface area contributed by atoms with Crippen LogP contribution in [-0.2, 0) is 4.74 Å². The zero-order valence-electron chi connectivity index (χ0n) is 13.2. The molecule has 24 heavy (non-hydrogen) atoms. The Hall–Kier alpha value is -2.71. The molecular weight excluding hydrogens is 308 g/mol. The summed E-state index contributed by atoms with van der Waals surface area (Å²) in [6.07, 6.45) is 4.52. The minimum atomic E-state index is -0.518. The first kappa shape index (κ1) is 14.9. The van der Waals surface area contributed by atoms with Gasteiger partial charge in [-0.1, -0.05) is 0 Å². The van der Waals surface area contributed by atoms with Gasteiger partial charge in [0.15, 0.2) is 0 Å². The molecule has 124 valence electrons. The summed E-state index contributed by atoms with van der Waals surface area (Å²) in [6, 6.07) is 3.75. The predicted molar refractivity (Wildman–Crippen MR) is 90.5 cm³/mol. The quantitative estimate of drug-likeness (QED) is 0.652. The molecule has 0 amide bonds. The molecule has 1 fully saturated rings. The van der Waals surface area contributed by atoms with E-state index in [4.69, 9.17) is 10.5 Å². The van der Waals surface area contributed by atoms with E-state index in [2.05, 4.69) is 24.8 Å². The van der Waals surface area contributed by atoms with E-state index in [9.17, 15) is 5.11 Å². The van der Waals surface area contributed by atoms with Crippen molar-refractivity contribution in [2.45, 2.75) is 12.2 Å². The molecule has 0 unspecified atom stereocenters. The molecule has 0 aliphatic carbocycles. The lowest BCUT2D eigenvalue weighted by Crippen LogP contribution is -2.25. The van der Waals surface area contributed by atoms with Gasteiger partial charge in [-0.05, 0) is 12.1 Å². The molecule has 1 aliphatic heterocycles. The van der Waals surface area contributed by atoms with E-state index in [1.165, 1.54) is 0 Å². The van der Waals surface area contributed by atoms with Crippen molar-refractivity contribution in [1.29, 1.82) is 0 Å². The Balaban J connectivity index is 1.84. The van der Waals surface area contributed by atoms with Crippen molar-refractivity contribution in [2.75, 3.05) is 30.8 Å². The van der Waals surface area contributed by atoms with Gasteiger partial charge in [-0.25, -0.2) is 15.0 Å². The number of fused-ring (bicyclic) bond motifs is 1. The number of anilines is 2. The number of aliphatic hydroxyl groups excluding tert-OH is 1. The molecule has 8 heteroatoms. The van der Waals surface area contributed by atoms with Crippen molar-refractivity contribution >= 4 is 22.7 Å². The summed E-state index contributed by atoms with van der Waals surface area (Å²) in [6.45, 7) is 1.13. The van der Waals surface area contributed by atoms with Gasteiger partial charge in [0.05, 0.1) is 22.9 Å². The molecule has 0 saturated carbocycles. The van der Waals surface area contributed by atoms with Crippen LogP contribution in [0.3, 0.4) is 0 Å². The summed E-state index contributed by atoms with van der Waals surface area (Å²) in [7, 11) is 1.62. The van der Waals surface area contributed by atoms with Crippen LogP contribution in [0.1, 0.15) is 0 Å². The lowest BCUT2D eigenvalue weighted by Gasteiger charge is -2.19. The minimum absolute atomic E-state index is 0.203. The van der Waals surface area contributed by atoms with Crippen LogP contribution in [0.15, 0.2) is 30.7 Å². The van der Waals surface area contributed by atoms with Gasteiger partial charge in [-0.15, -0.1) is 0 Å². The van der Waals surface area contributed by atoms with Crippen LogP contribution in [0.4, 0.5) is 11.6 Å². The summed E-state index contributed by atoms with van der Waals surface area (Å²) in [4.78, 5) is 17.9. The Morgan fingerprint density at radius 3 is 2.88 bits per heavy atom. The first-order chi connectivity index (χ1) is 11.7. The minimum Gasteiger partial charge on any atom is -0.388 e. The highest BCUT2D eigenvalue weighted by molar-refractivity contribution is 6.02. The van der Waals surface area contributed by atoms with Gasteiger partial charge in [-0.3, -0.25) is 0 Å². The van der Waals surface area contributed by atoms with Gasteiger partial charge in [0, 0.05) is 44.4 Å². The van der Waals surface area contributed by atoms with Gasteiger partial charge >= 0.3 is 0 Å². The number of ether oxygens (including phenoxy) is 1.